The van der Waals surface area contributed by atoms with Crippen molar-refractivity contribution in [3.63, 3.8) is 0 Å². The molecule has 12 heteroatoms. The van der Waals surface area contributed by atoms with Gasteiger partial charge >= 0.3 is 18.0 Å². The first kappa shape index (κ1) is 29.9. The lowest BCUT2D eigenvalue weighted by atomic mass is 9.93. The summed E-state index contributed by atoms with van der Waals surface area (Å²) in [7, 11) is 7.36. The molecule has 0 aromatic heterocycles. The fourth-order valence-electron chi connectivity index (χ4n) is 3.21. The van der Waals surface area contributed by atoms with Crippen LogP contribution in [0.15, 0.2) is 0 Å². The first-order valence-electron chi connectivity index (χ1n) is 10.1. The number of carbonyl (C=O) groups is 3. The average molecular weight is 505 g/mol. The molecule has 0 aromatic carbocycles. The van der Waals surface area contributed by atoms with Gasteiger partial charge < -0.3 is 20.3 Å². The lowest BCUT2D eigenvalue weighted by Crippen LogP contribution is -2.51. The number of hydrogen-bond acceptors (Lipinski definition) is 6. The summed E-state index contributed by atoms with van der Waals surface area (Å²) in [5.41, 5.74) is -0.594. The Balaban J connectivity index is 0.000000540. The predicted molar refractivity (Wildman–Crippen MR) is 120 cm³/mol. The third-order valence-electron chi connectivity index (χ3n) is 4.74. The van der Waals surface area contributed by atoms with Gasteiger partial charge in [-0.1, -0.05) is 13.8 Å². The van der Waals surface area contributed by atoms with Gasteiger partial charge in [-0.3, -0.25) is 9.69 Å². The number of carboxylic acid groups (broad SMARTS) is 2. The van der Waals surface area contributed by atoms with Crippen LogP contribution in [0.1, 0.15) is 60.3 Å². The standard InChI is InChI=1S/C12H21NO4.C7H13NO2.Cl2OS/c1-8-5-6-13(9(7-8)10(14)15)11(16)17-12(2,3)4;1-5-2-3-8-6(4-5)7(9)10;1-4(2)3/h8-9H,5-7H2,1-4H3,(H,14,15);5-6,8H,2-4H2,1H3,(H,9,10);. The lowest BCUT2D eigenvalue weighted by molar-refractivity contribution is -0.145. The van der Waals surface area contributed by atoms with E-state index in [9.17, 15) is 14.4 Å². The summed E-state index contributed by atoms with van der Waals surface area (Å²) in [6.45, 7) is 10.7. The number of nitrogens with zero attached hydrogens (tertiary/aromatic N) is 1. The maximum atomic E-state index is 11.9. The summed E-state index contributed by atoms with van der Waals surface area (Å²) < 4.78 is 14.3. The summed E-state index contributed by atoms with van der Waals surface area (Å²) in [6, 6.07) is -1.06. The molecule has 0 bridgehead atoms. The number of aliphatic carboxylic acids is 2. The topological polar surface area (TPSA) is 133 Å². The number of hydrogen-bond donors (Lipinski definition) is 3. The van der Waals surface area contributed by atoms with Crippen LogP contribution in [0, 0.1) is 11.8 Å². The van der Waals surface area contributed by atoms with Gasteiger partial charge in [-0.2, -0.15) is 0 Å². The van der Waals surface area contributed by atoms with Crippen LogP contribution in [0.4, 0.5) is 4.79 Å². The molecule has 9 nitrogen and oxygen atoms in total. The van der Waals surface area contributed by atoms with Crippen LogP contribution in [0.5, 0.6) is 0 Å². The number of nitrogens with one attached hydrogen (secondary N) is 1. The Morgan fingerprint density at radius 2 is 1.55 bits per heavy atom. The summed E-state index contributed by atoms with van der Waals surface area (Å²) >= 11 is 0. The number of carbonyl (C=O) groups excluding carboxylic acids is 1. The molecule has 0 aromatic rings. The van der Waals surface area contributed by atoms with E-state index in [0.717, 1.165) is 25.8 Å². The summed E-state index contributed by atoms with van der Waals surface area (Å²) in [6.07, 6.45) is 2.66. The van der Waals surface area contributed by atoms with Crippen LogP contribution >= 0.6 is 21.4 Å². The number of piperidine rings is 2. The van der Waals surface area contributed by atoms with Crippen LogP contribution < -0.4 is 5.32 Å². The van der Waals surface area contributed by atoms with E-state index in [4.69, 9.17) is 19.2 Å². The van der Waals surface area contributed by atoms with Gasteiger partial charge in [0, 0.05) is 27.9 Å². The SMILES string of the molecule is CC1CCN(C(=O)OC(C)(C)C)C(C(=O)O)C1.CC1CCNC(C(=O)O)C1.O=S(Cl)Cl. The van der Waals surface area contributed by atoms with Gasteiger partial charge in [-0.05, 0) is 64.8 Å². The molecule has 1 amide bonds. The zero-order valence-electron chi connectivity index (χ0n) is 18.6. The monoisotopic (exact) mass is 504 g/mol. The van der Waals surface area contributed by atoms with Gasteiger partial charge in [-0.15, -0.1) is 0 Å². The number of ether oxygens (including phenoxy) is 1. The second kappa shape index (κ2) is 14.1. The molecular weight excluding hydrogens is 471 g/mol. The Morgan fingerprint density at radius 3 is 1.94 bits per heavy atom. The van der Waals surface area contributed by atoms with Crippen molar-refractivity contribution in [3.05, 3.63) is 0 Å². The third kappa shape index (κ3) is 13.8. The van der Waals surface area contributed by atoms with Crippen LogP contribution in [0.2, 0.25) is 0 Å². The highest BCUT2D eigenvalue weighted by molar-refractivity contribution is 8.26. The molecule has 0 radical (unpaired) electrons. The molecule has 2 aliphatic rings. The van der Waals surface area contributed by atoms with Crippen molar-refractivity contribution in [1.29, 1.82) is 0 Å². The maximum absolute atomic E-state index is 11.9. The van der Waals surface area contributed by atoms with Crippen molar-refractivity contribution in [2.24, 2.45) is 11.8 Å². The van der Waals surface area contributed by atoms with E-state index in [-0.39, 0.29) is 6.04 Å². The van der Waals surface area contributed by atoms with Gasteiger partial charge in [-0.25, -0.2) is 13.8 Å². The van der Waals surface area contributed by atoms with Crippen molar-refractivity contribution in [3.8, 4) is 0 Å². The lowest BCUT2D eigenvalue weighted by Gasteiger charge is -2.36. The first-order valence-corrected chi connectivity index (χ1v) is 12.9. The Morgan fingerprint density at radius 1 is 1.03 bits per heavy atom. The predicted octanol–water partition coefficient (Wildman–Crippen LogP) is 3.61. The zero-order valence-corrected chi connectivity index (χ0v) is 20.9. The average Bonchev–Trinajstić information content (AvgIpc) is 2.60. The number of halogens is 2. The number of carboxylic acids is 2. The summed E-state index contributed by atoms with van der Waals surface area (Å²) in [5.74, 6) is -0.786. The van der Waals surface area contributed by atoms with Crippen LogP contribution in [0.25, 0.3) is 0 Å². The molecule has 2 fully saturated rings. The van der Waals surface area contributed by atoms with E-state index in [0.29, 0.717) is 24.8 Å². The van der Waals surface area contributed by atoms with E-state index in [1.165, 1.54) is 4.90 Å². The molecule has 3 N–H and O–H groups in total. The Hall–Kier alpha value is -1.10. The molecule has 31 heavy (non-hydrogen) atoms. The first-order chi connectivity index (χ1) is 14.1. The van der Waals surface area contributed by atoms with Gasteiger partial charge in [0.1, 0.15) is 17.7 Å². The molecule has 2 aliphatic heterocycles. The van der Waals surface area contributed by atoms with E-state index < -0.39 is 38.9 Å². The number of amides is 1. The largest absolute Gasteiger partial charge is 0.480 e. The van der Waals surface area contributed by atoms with Crippen molar-refractivity contribution < 1.29 is 33.5 Å². The maximum Gasteiger partial charge on any atom is 0.411 e. The van der Waals surface area contributed by atoms with Gasteiger partial charge in [0.05, 0.1) is 0 Å². The van der Waals surface area contributed by atoms with E-state index in [1.54, 1.807) is 20.8 Å². The molecule has 0 aliphatic carbocycles. The van der Waals surface area contributed by atoms with E-state index >= 15 is 0 Å². The third-order valence-corrected chi connectivity index (χ3v) is 4.74. The molecule has 0 spiro atoms. The Labute approximate surface area is 195 Å². The summed E-state index contributed by atoms with van der Waals surface area (Å²) in [5, 5.41) is 20.7. The highest BCUT2D eigenvalue weighted by Crippen LogP contribution is 2.24. The summed E-state index contributed by atoms with van der Waals surface area (Å²) in [4.78, 5) is 34.8. The fourth-order valence-corrected chi connectivity index (χ4v) is 3.21. The van der Waals surface area contributed by atoms with Gasteiger partial charge in [0.15, 0.2) is 0 Å². The Bertz CT molecular complexity index is 627. The van der Waals surface area contributed by atoms with Crippen LogP contribution in [-0.4, -0.2) is 68.1 Å². The highest BCUT2D eigenvalue weighted by Gasteiger charge is 2.36. The number of rotatable bonds is 2. The van der Waals surface area contributed by atoms with E-state index in [2.05, 4.69) is 33.6 Å². The second-order valence-electron chi connectivity index (χ2n) is 8.82. The van der Waals surface area contributed by atoms with Gasteiger partial charge in [0.25, 0.3) is 0 Å². The molecule has 2 heterocycles. The molecule has 182 valence electrons. The smallest absolute Gasteiger partial charge is 0.411 e. The molecule has 2 saturated heterocycles. The van der Waals surface area contributed by atoms with E-state index in [1.807, 2.05) is 6.92 Å². The Kier molecular flexibility index (Phi) is 13.6. The fraction of sp³-hybridized carbons (Fsp3) is 0.842. The minimum atomic E-state index is -1.67. The highest BCUT2D eigenvalue weighted by atomic mass is 36.0. The number of likely N-dealkylation sites (tertiary alicyclic amines) is 1. The molecule has 2 rings (SSSR count). The molecule has 4 unspecified atom stereocenters. The second-order valence-corrected chi connectivity index (χ2v) is 11.3. The van der Waals surface area contributed by atoms with Crippen LogP contribution in [-0.2, 0) is 23.6 Å². The normalized spacial score (nSPS) is 26.0. The molecular formula is C19H34Cl2N2O7S. The van der Waals surface area contributed by atoms with Crippen molar-refractivity contribution in [2.45, 2.75) is 78.0 Å². The van der Waals surface area contributed by atoms with Gasteiger partial charge in [0.2, 0.25) is 9.23 Å². The molecule has 4 atom stereocenters. The minimum Gasteiger partial charge on any atom is -0.480 e. The van der Waals surface area contributed by atoms with Crippen LogP contribution in [0.3, 0.4) is 0 Å². The van der Waals surface area contributed by atoms with Crippen molar-refractivity contribution in [2.75, 3.05) is 13.1 Å². The molecule has 0 saturated carbocycles. The van der Waals surface area contributed by atoms with Crippen molar-refractivity contribution >= 4 is 48.6 Å². The minimum absolute atomic E-state index is 0.302. The van der Waals surface area contributed by atoms with Crippen molar-refractivity contribution in [1.82, 2.24) is 10.2 Å². The quantitative estimate of drug-likeness (QED) is 0.485. The zero-order chi connectivity index (χ0) is 24.4.